The second-order valence-corrected chi connectivity index (χ2v) is 6.26. The Morgan fingerprint density at radius 2 is 2.00 bits per heavy atom. The molecule has 0 aromatic rings. The molecule has 15 heavy (non-hydrogen) atoms. The van der Waals surface area contributed by atoms with Crippen molar-refractivity contribution in [3.05, 3.63) is 23.8 Å². The predicted molar refractivity (Wildman–Crippen MR) is 63.7 cm³/mol. The zero-order valence-corrected chi connectivity index (χ0v) is 10.3. The lowest BCUT2D eigenvalue weighted by Gasteiger charge is -2.44. The molecule has 1 saturated heterocycles. The molecule has 1 aliphatic carbocycles. The van der Waals surface area contributed by atoms with E-state index in [4.69, 9.17) is 4.74 Å². The fraction of sp³-hybridized carbons (Fsp3) is 0.714. The van der Waals surface area contributed by atoms with Crippen LogP contribution in [0, 0.1) is 16.7 Å². The fourth-order valence-corrected chi connectivity index (χ4v) is 2.33. The highest BCUT2D eigenvalue weighted by molar-refractivity contribution is 5.29. The molecule has 0 saturated carbocycles. The summed E-state index contributed by atoms with van der Waals surface area (Å²) in [7, 11) is 0. The Bertz CT molecular complexity index is 300. The maximum atomic E-state index is 5.33. The minimum absolute atomic E-state index is 0.290. The van der Waals surface area contributed by atoms with Crippen LogP contribution in [-0.4, -0.2) is 13.2 Å². The van der Waals surface area contributed by atoms with Crippen LogP contribution < -0.4 is 0 Å². The average Bonchev–Trinajstić information content (AvgIpc) is 2.13. The summed E-state index contributed by atoms with van der Waals surface area (Å²) in [6.07, 6.45) is 8.30. The highest BCUT2D eigenvalue weighted by Crippen LogP contribution is 2.42. The van der Waals surface area contributed by atoms with Crippen molar-refractivity contribution >= 4 is 0 Å². The van der Waals surface area contributed by atoms with Crippen LogP contribution in [0.5, 0.6) is 0 Å². The lowest BCUT2D eigenvalue weighted by Crippen LogP contribution is -2.45. The van der Waals surface area contributed by atoms with E-state index in [-0.39, 0.29) is 0 Å². The van der Waals surface area contributed by atoms with E-state index in [9.17, 15) is 0 Å². The van der Waals surface area contributed by atoms with Crippen LogP contribution >= 0.6 is 0 Å². The van der Waals surface area contributed by atoms with Gasteiger partial charge in [0.1, 0.15) is 0 Å². The van der Waals surface area contributed by atoms with Gasteiger partial charge in [0.05, 0.1) is 13.2 Å². The van der Waals surface area contributed by atoms with Gasteiger partial charge in [0, 0.05) is 5.41 Å². The van der Waals surface area contributed by atoms with Crippen molar-refractivity contribution in [1.29, 1.82) is 0 Å². The molecule has 84 valence electrons. The molecule has 0 spiro atoms. The van der Waals surface area contributed by atoms with Gasteiger partial charge in [0.15, 0.2) is 0 Å². The molecule has 0 aromatic heterocycles. The molecular formula is C14H22O. The molecule has 0 N–H and O–H groups in total. The Balaban J connectivity index is 2.04. The Labute approximate surface area is 93.2 Å². The fourth-order valence-electron chi connectivity index (χ4n) is 2.33. The Hall–Kier alpha value is -0.560. The number of hydrogen-bond donors (Lipinski definition) is 0. The molecule has 0 bridgehead atoms. The summed E-state index contributed by atoms with van der Waals surface area (Å²) >= 11 is 0. The van der Waals surface area contributed by atoms with Gasteiger partial charge >= 0.3 is 0 Å². The molecule has 0 aromatic carbocycles. The summed E-state index contributed by atoms with van der Waals surface area (Å²) in [6, 6.07) is 0. The highest BCUT2D eigenvalue weighted by atomic mass is 16.5. The van der Waals surface area contributed by atoms with Gasteiger partial charge in [-0.3, -0.25) is 0 Å². The molecule has 1 heterocycles. The van der Waals surface area contributed by atoms with Gasteiger partial charge < -0.3 is 4.74 Å². The van der Waals surface area contributed by atoms with Gasteiger partial charge in [-0.05, 0) is 23.3 Å². The van der Waals surface area contributed by atoms with Crippen molar-refractivity contribution in [3.8, 4) is 0 Å². The van der Waals surface area contributed by atoms with Crippen LogP contribution in [0.1, 0.15) is 34.1 Å². The summed E-state index contributed by atoms with van der Waals surface area (Å²) in [5.41, 5.74) is 2.16. The normalized spacial score (nSPS) is 29.6. The maximum Gasteiger partial charge on any atom is 0.0547 e. The van der Waals surface area contributed by atoms with Crippen LogP contribution in [-0.2, 0) is 4.74 Å². The monoisotopic (exact) mass is 206 g/mol. The van der Waals surface area contributed by atoms with E-state index in [1.165, 1.54) is 12.0 Å². The van der Waals surface area contributed by atoms with E-state index in [1.54, 1.807) is 0 Å². The summed E-state index contributed by atoms with van der Waals surface area (Å²) in [5, 5.41) is 0. The van der Waals surface area contributed by atoms with Crippen molar-refractivity contribution in [2.24, 2.45) is 16.7 Å². The molecule has 1 heteroatoms. The largest absolute Gasteiger partial charge is 0.380 e. The van der Waals surface area contributed by atoms with Gasteiger partial charge in [0.2, 0.25) is 0 Å². The lowest BCUT2D eigenvalue weighted by molar-refractivity contribution is -0.124. The van der Waals surface area contributed by atoms with Crippen LogP contribution in [0.15, 0.2) is 23.8 Å². The van der Waals surface area contributed by atoms with E-state index >= 15 is 0 Å². The molecule has 0 radical (unpaired) electrons. The molecule has 2 rings (SSSR count). The molecule has 1 atom stereocenters. The van der Waals surface area contributed by atoms with Gasteiger partial charge in [-0.15, -0.1) is 0 Å². The number of rotatable bonds is 1. The van der Waals surface area contributed by atoms with E-state index in [1.807, 2.05) is 0 Å². The zero-order chi connectivity index (χ0) is 11.1. The zero-order valence-electron chi connectivity index (χ0n) is 10.3. The highest BCUT2D eigenvalue weighted by Gasteiger charge is 2.40. The summed E-state index contributed by atoms with van der Waals surface area (Å²) in [4.78, 5) is 0. The van der Waals surface area contributed by atoms with Crippen molar-refractivity contribution in [2.75, 3.05) is 13.2 Å². The topological polar surface area (TPSA) is 9.23 Å². The van der Waals surface area contributed by atoms with Gasteiger partial charge in [-0.25, -0.2) is 0 Å². The molecule has 1 unspecified atom stereocenters. The molecule has 1 nitrogen and oxygen atoms in total. The van der Waals surface area contributed by atoms with Crippen LogP contribution in [0.4, 0.5) is 0 Å². The van der Waals surface area contributed by atoms with Gasteiger partial charge in [-0.1, -0.05) is 45.9 Å². The van der Waals surface area contributed by atoms with Crippen LogP contribution in [0.3, 0.4) is 0 Å². The third-order valence-electron chi connectivity index (χ3n) is 3.72. The molecular weight excluding hydrogens is 184 g/mol. The molecule has 1 aliphatic heterocycles. The van der Waals surface area contributed by atoms with Crippen molar-refractivity contribution < 1.29 is 4.74 Å². The first-order valence-electron chi connectivity index (χ1n) is 5.88. The van der Waals surface area contributed by atoms with Gasteiger partial charge in [0.25, 0.3) is 0 Å². The SMILES string of the molecule is CC(C)(C)C1=CCC(C2(C)COC2)C=C1. The van der Waals surface area contributed by atoms with Crippen LogP contribution in [0.25, 0.3) is 0 Å². The Morgan fingerprint density at radius 3 is 2.33 bits per heavy atom. The van der Waals surface area contributed by atoms with Crippen LogP contribution in [0.2, 0.25) is 0 Å². The molecule has 1 fully saturated rings. The van der Waals surface area contributed by atoms with E-state index in [2.05, 4.69) is 45.9 Å². The number of ether oxygens (including phenoxy) is 1. The lowest BCUT2D eigenvalue weighted by atomic mass is 9.70. The third-order valence-corrected chi connectivity index (χ3v) is 3.72. The second kappa shape index (κ2) is 3.48. The summed E-state index contributed by atoms with van der Waals surface area (Å²) in [5.74, 6) is 0.678. The standard InChI is InChI=1S/C14H22O/c1-13(2,3)11-5-7-12(8-6-11)14(4)9-15-10-14/h5-7,12H,8-10H2,1-4H3. The van der Waals surface area contributed by atoms with E-state index < -0.39 is 0 Å². The first kappa shape index (κ1) is 10.9. The number of hydrogen-bond acceptors (Lipinski definition) is 1. The summed E-state index contributed by atoms with van der Waals surface area (Å²) in [6.45, 7) is 11.0. The van der Waals surface area contributed by atoms with E-state index in [0.717, 1.165) is 13.2 Å². The second-order valence-electron chi connectivity index (χ2n) is 6.26. The molecule has 2 aliphatic rings. The Morgan fingerprint density at radius 1 is 1.33 bits per heavy atom. The van der Waals surface area contributed by atoms with Crippen molar-refractivity contribution in [2.45, 2.75) is 34.1 Å². The Kier molecular flexibility index (Phi) is 2.54. The first-order chi connectivity index (χ1) is 6.92. The predicted octanol–water partition coefficient (Wildman–Crippen LogP) is 3.57. The van der Waals surface area contributed by atoms with E-state index in [0.29, 0.717) is 16.7 Å². The molecule has 0 amide bonds. The third kappa shape index (κ3) is 2.03. The van der Waals surface area contributed by atoms with Gasteiger partial charge in [-0.2, -0.15) is 0 Å². The average molecular weight is 206 g/mol. The smallest absolute Gasteiger partial charge is 0.0547 e. The number of allylic oxidation sites excluding steroid dienone is 4. The maximum absolute atomic E-state index is 5.33. The van der Waals surface area contributed by atoms with Crippen molar-refractivity contribution in [3.63, 3.8) is 0 Å². The minimum Gasteiger partial charge on any atom is -0.380 e. The summed E-state index contributed by atoms with van der Waals surface area (Å²) < 4.78 is 5.33. The minimum atomic E-state index is 0.290. The quantitative estimate of drug-likeness (QED) is 0.637. The first-order valence-corrected chi connectivity index (χ1v) is 5.88. The van der Waals surface area contributed by atoms with Crippen molar-refractivity contribution in [1.82, 2.24) is 0 Å².